The van der Waals surface area contributed by atoms with E-state index in [-0.39, 0.29) is 6.10 Å². The van der Waals surface area contributed by atoms with Crippen molar-refractivity contribution in [1.29, 1.82) is 0 Å². The fourth-order valence-electron chi connectivity index (χ4n) is 2.31. The number of epoxide rings is 1. The summed E-state index contributed by atoms with van der Waals surface area (Å²) in [5.74, 6) is -0.675. The lowest BCUT2D eigenvalue weighted by atomic mass is 9.87. The first-order valence-electron chi connectivity index (χ1n) is 5.00. The number of alkyl halides is 4. The van der Waals surface area contributed by atoms with Crippen LogP contribution in [0.2, 0.25) is 0 Å². The van der Waals surface area contributed by atoms with Crippen LogP contribution >= 0.6 is 46.4 Å². The molecule has 0 radical (unpaired) electrons. The van der Waals surface area contributed by atoms with E-state index in [1.807, 2.05) is 0 Å². The molecule has 3 atom stereocenters. The van der Waals surface area contributed by atoms with Crippen LogP contribution in [0.25, 0.3) is 0 Å². The van der Waals surface area contributed by atoms with Gasteiger partial charge in [-0.3, -0.25) is 4.79 Å². The van der Waals surface area contributed by atoms with Gasteiger partial charge in [-0.1, -0.05) is 52.5 Å². The number of ketones is 1. The van der Waals surface area contributed by atoms with E-state index >= 15 is 0 Å². The third kappa shape index (κ3) is 1.26. The number of rotatable bonds is 1. The van der Waals surface area contributed by atoms with E-state index in [2.05, 4.69) is 0 Å². The van der Waals surface area contributed by atoms with Gasteiger partial charge in [-0.25, -0.2) is 0 Å². The molecule has 3 nitrogen and oxygen atoms in total. The van der Waals surface area contributed by atoms with Crippen LogP contribution in [-0.2, 0) is 14.3 Å². The van der Waals surface area contributed by atoms with Gasteiger partial charge >= 0.3 is 0 Å². The standard InChI is InChI=1S/C10H8Cl4O3/c1-7-2-3-8(17-7,5-4-16-5)10(13,14)6(15)9(7,11)12/h2-3,5H,4H2,1H3. The average Bonchev–Trinajstić information content (AvgIpc) is 3.01. The minimum atomic E-state index is -1.86. The van der Waals surface area contributed by atoms with E-state index in [9.17, 15) is 4.79 Å². The smallest absolute Gasteiger partial charge is 0.213 e. The molecule has 3 rings (SSSR count). The maximum absolute atomic E-state index is 12.3. The topological polar surface area (TPSA) is 38.8 Å². The highest BCUT2D eigenvalue weighted by Gasteiger charge is 2.77. The molecule has 2 saturated heterocycles. The molecule has 3 unspecified atom stereocenters. The molecule has 2 bridgehead atoms. The maximum Gasteiger partial charge on any atom is 0.213 e. The first kappa shape index (κ1) is 12.5. The molecule has 7 heteroatoms. The van der Waals surface area contributed by atoms with Gasteiger partial charge in [-0.05, 0) is 13.0 Å². The molecule has 0 aromatic rings. The summed E-state index contributed by atoms with van der Waals surface area (Å²) >= 11 is 24.4. The Balaban J connectivity index is 2.18. The summed E-state index contributed by atoms with van der Waals surface area (Å²) in [7, 11) is 0. The zero-order valence-electron chi connectivity index (χ0n) is 8.68. The molecule has 0 spiro atoms. The van der Waals surface area contributed by atoms with Crippen molar-refractivity contribution in [2.75, 3.05) is 6.61 Å². The Bertz CT molecular complexity index is 443. The van der Waals surface area contributed by atoms with Gasteiger partial charge in [0.2, 0.25) is 14.4 Å². The second-order valence-corrected chi connectivity index (χ2v) is 7.29. The molecule has 0 saturated carbocycles. The molecule has 0 aromatic carbocycles. The number of carbonyl (C=O) groups excluding carboxylic acids is 1. The predicted molar refractivity (Wildman–Crippen MR) is 65.0 cm³/mol. The summed E-state index contributed by atoms with van der Waals surface area (Å²) in [6.07, 6.45) is 2.91. The lowest BCUT2D eigenvalue weighted by Crippen LogP contribution is -2.69. The molecular formula is C10H8Cl4O3. The van der Waals surface area contributed by atoms with Crippen molar-refractivity contribution in [3.8, 4) is 0 Å². The Morgan fingerprint density at radius 3 is 2.35 bits per heavy atom. The summed E-state index contributed by atoms with van der Waals surface area (Å²) in [6, 6.07) is 0. The Morgan fingerprint density at radius 1 is 1.24 bits per heavy atom. The monoisotopic (exact) mass is 316 g/mol. The largest absolute Gasteiger partial charge is 0.369 e. The predicted octanol–water partition coefficient (Wildman–Crippen LogP) is 2.40. The van der Waals surface area contributed by atoms with Crippen LogP contribution in [0.5, 0.6) is 0 Å². The fraction of sp³-hybridized carbons (Fsp3) is 0.700. The highest BCUT2D eigenvalue weighted by atomic mass is 35.5. The number of carbonyl (C=O) groups is 1. The number of halogens is 4. The van der Waals surface area contributed by atoms with Crippen molar-refractivity contribution in [3.63, 3.8) is 0 Å². The SMILES string of the molecule is CC12C=CC(C3CO3)(O1)C(Cl)(Cl)C(=O)C2(Cl)Cl. The van der Waals surface area contributed by atoms with E-state index in [0.29, 0.717) is 6.61 Å². The molecule has 17 heavy (non-hydrogen) atoms. The summed E-state index contributed by atoms with van der Waals surface area (Å²) < 4.78 is 7.32. The van der Waals surface area contributed by atoms with Crippen LogP contribution in [0.15, 0.2) is 12.2 Å². The zero-order valence-corrected chi connectivity index (χ0v) is 11.7. The van der Waals surface area contributed by atoms with Crippen molar-refractivity contribution >= 4 is 52.2 Å². The lowest BCUT2D eigenvalue weighted by molar-refractivity contribution is -0.160. The summed E-state index contributed by atoms with van der Waals surface area (Å²) in [6.45, 7) is 2.06. The third-order valence-electron chi connectivity index (χ3n) is 3.53. The van der Waals surface area contributed by atoms with Gasteiger partial charge in [-0.15, -0.1) is 0 Å². The maximum atomic E-state index is 12.3. The Morgan fingerprint density at radius 2 is 1.82 bits per heavy atom. The Hall–Kier alpha value is 0.490. The molecule has 2 fully saturated rings. The number of Topliss-reactive ketones (excluding diaryl/α,β-unsaturated/α-hetero) is 1. The molecule has 0 N–H and O–H groups in total. The highest BCUT2D eigenvalue weighted by molar-refractivity contribution is 6.70. The van der Waals surface area contributed by atoms with Crippen LogP contribution in [0, 0.1) is 0 Å². The average molecular weight is 318 g/mol. The van der Waals surface area contributed by atoms with E-state index in [1.165, 1.54) is 0 Å². The number of hydrogen-bond acceptors (Lipinski definition) is 3. The van der Waals surface area contributed by atoms with Crippen LogP contribution in [0.4, 0.5) is 0 Å². The molecule has 3 heterocycles. The van der Waals surface area contributed by atoms with Crippen molar-refractivity contribution in [1.82, 2.24) is 0 Å². The summed E-state index contributed by atoms with van der Waals surface area (Å²) in [4.78, 5) is 12.3. The van der Waals surface area contributed by atoms with Gasteiger partial charge < -0.3 is 9.47 Å². The van der Waals surface area contributed by atoms with E-state index in [0.717, 1.165) is 0 Å². The Labute approximate surface area is 118 Å². The van der Waals surface area contributed by atoms with Crippen LogP contribution in [-0.4, -0.2) is 38.4 Å². The molecule has 0 amide bonds. The van der Waals surface area contributed by atoms with Gasteiger partial charge in [0.05, 0.1) is 6.61 Å². The molecule has 3 aliphatic heterocycles. The summed E-state index contributed by atoms with van der Waals surface area (Å²) in [5.41, 5.74) is -2.35. The fourth-order valence-corrected chi connectivity index (χ4v) is 3.72. The quantitative estimate of drug-likeness (QED) is 0.423. The van der Waals surface area contributed by atoms with Crippen molar-refractivity contribution < 1.29 is 14.3 Å². The van der Waals surface area contributed by atoms with Crippen LogP contribution in [0.3, 0.4) is 0 Å². The van der Waals surface area contributed by atoms with Crippen molar-refractivity contribution in [2.45, 2.75) is 32.9 Å². The van der Waals surface area contributed by atoms with Gasteiger partial charge in [-0.2, -0.15) is 0 Å². The first-order valence-corrected chi connectivity index (χ1v) is 6.51. The number of hydrogen-bond donors (Lipinski definition) is 0. The van der Waals surface area contributed by atoms with Crippen molar-refractivity contribution in [2.24, 2.45) is 0 Å². The zero-order chi connectivity index (χ0) is 12.7. The second kappa shape index (κ2) is 3.14. The first-order chi connectivity index (χ1) is 7.67. The molecule has 0 aromatic heterocycles. The Kier molecular flexibility index (Phi) is 2.31. The molecule has 0 aliphatic carbocycles. The normalized spacial score (nSPS) is 49.5. The van der Waals surface area contributed by atoms with E-state index in [1.54, 1.807) is 19.1 Å². The third-order valence-corrected chi connectivity index (χ3v) is 5.55. The second-order valence-electron chi connectivity index (χ2n) is 4.64. The van der Waals surface area contributed by atoms with Gasteiger partial charge in [0.15, 0.2) is 5.60 Å². The lowest BCUT2D eigenvalue weighted by Gasteiger charge is -2.49. The van der Waals surface area contributed by atoms with Crippen molar-refractivity contribution in [3.05, 3.63) is 12.2 Å². The van der Waals surface area contributed by atoms with Gasteiger partial charge in [0, 0.05) is 0 Å². The number of ether oxygens (including phenoxy) is 2. The van der Waals surface area contributed by atoms with E-state index in [4.69, 9.17) is 55.9 Å². The van der Waals surface area contributed by atoms with Crippen LogP contribution < -0.4 is 0 Å². The molecular weight excluding hydrogens is 310 g/mol. The minimum Gasteiger partial charge on any atom is -0.369 e. The number of fused-ring (bicyclic) bond motifs is 2. The van der Waals surface area contributed by atoms with Crippen LogP contribution in [0.1, 0.15) is 6.92 Å². The van der Waals surface area contributed by atoms with Gasteiger partial charge in [0.1, 0.15) is 11.7 Å². The molecule has 94 valence electrons. The summed E-state index contributed by atoms with van der Waals surface area (Å²) in [5, 5.41) is 0. The minimum absolute atomic E-state index is 0.344. The van der Waals surface area contributed by atoms with Gasteiger partial charge in [0.25, 0.3) is 0 Å². The highest BCUT2D eigenvalue weighted by Crippen LogP contribution is 2.62. The van der Waals surface area contributed by atoms with E-state index < -0.39 is 25.7 Å². The molecule has 3 aliphatic rings.